The number of carbonyl (C=O) groups is 2. The molecule has 1 aliphatic heterocycles. The van der Waals surface area contributed by atoms with Crippen molar-refractivity contribution in [2.75, 3.05) is 45.2 Å². The molecule has 0 atom stereocenters. The predicted molar refractivity (Wildman–Crippen MR) is 115 cm³/mol. The molecular weight excluding hydrogens is 402 g/mol. The van der Waals surface area contributed by atoms with Crippen LogP contribution in [0.5, 0.6) is 17.4 Å². The lowest BCUT2D eigenvalue weighted by molar-refractivity contribution is 0.170. The number of H-pyrrole nitrogens is 1. The number of rotatable bonds is 4. The van der Waals surface area contributed by atoms with E-state index >= 15 is 0 Å². The van der Waals surface area contributed by atoms with Crippen molar-refractivity contribution in [3.8, 4) is 17.4 Å². The van der Waals surface area contributed by atoms with Crippen LogP contribution in [0.1, 0.15) is 5.56 Å². The van der Waals surface area contributed by atoms with Crippen molar-refractivity contribution in [3.63, 3.8) is 0 Å². The first-order valence-electron chi connectivity index (χ1n) is 9.50. The Morgan fingerprint density at radius 3 is 2.42 bits per heavy atom. The lowest BCUT2D eigenvalue weighted by Crippen LogP contribution is -2.45. The molecule has 0 radical (unpaired) electrons. The van der Waals surface area contributed by atoms with Crippen LogP contribution in [0, 0.1) is 0 Å². The Labute approximate surface area is 178 Å². The van der Waals surface area contributed by atoms with Gasteiger partial charge in [0.2, 0.25) is 5.88 Å². The average Bonchev–Trinajstić information content (AvgIpc) is 3.17. The number of benzene rings is 1. The van der Waals surface area contributed by atoms with Crippen LogP contribution in [-0.2, 0) is 6.54 Å². The smallest absolute Gasteiger partial charge is 0.415 e. The Morgan fingerprint density at radius 2 is 1.81 bits per heavy atom. The van der Waals surface area contributed by atoms with Gasteiger partial charge in [0.1, 0.15) is 17.1 Å². The van der Waals surface area contributed by atoms with Gasteiger partial charge < -0.3 is 24.1 Å². The summed E-state index contributed by atoms with van der Waals surface area (Å²) in [7, 11) is 8.01. The fourth-order valence-electron chi connectivity index (χ4n) is 3.50. The summed E-state index contributed by atoms with van der Waals surface area (Å²) < 4.78 is 16.0. The molecule has 1 N–H and O–H groups in total. The predicted octanol–water partition coefficient (Wildman–Crippen LogP) is 3.22. The van der Waals surface area contributed by atoms with Crippen LogP contribution in [0.25, 0.3) is 11.0 Å². The number of hydrogen-bond acceptors (Lipinski definition) is 6. The minimum atomic E-state index is -0.511. The van der Waals surface area contributed by atoms with Gasteiger partial charge in [0.05, 0.1) is 32.1 Å². The van der Waals surface area contributed by atoms with Crippen LogP contribution in [-0.4, -0.2) is 62.4 Å². The topological polar surface area (TPSA) is 100 Å². The molecule has 10 heteroatoms. The van der Waals surface area contributed by atoms with Gasteiger partial charge in [-0.1, -0.05) is 0 Å². The molecule has 0 bridgehead atoms. The van der Waals surface area contributed by atoms with Crippen LogP contribution in [0.2, 0.25) is 0 Å². The summed E-state index contributed by atoms with van der Waals surface area (Å²) in [5, 5.41) is 0.692. The van der Waals surface area contributed by atoms with E-state index in [0.717, 1.165) is 5.56 Å². The van der Waals surface area contributed by atoms with Crippen LogP contribution >= 0.6 is 0 Å². The number of nitrogens with zero attached hydrogens (tertiary/aromatic N) is 4. The number of aromatic amines is 1. The zero-order chi connectivity index (χ0) is 22.3. The van der Waals surface area contributed by atoms with E-state index in [4.69, 9.17) is 14.2 Å². The summed E-state index contributed by atoms with van der Waals surface area (Å²) in [6, 6.07) is 6.76. The zero-order valence-corrected chi connectivity index (χ0v) is 17.9. The van der Waals surface area contributed by atoms with Crippen molar-refractivity contribution >= 4 is 34.5 Å². The molecule has 31 heavy (non-hydrogen) atoms. The molecule has 4 rings (SSSR count). The highest BCUT2D eigenvalue weighted by Gasteiger charge is 2.32. The number of urea groups is 1. The highest BCUT2D eigenvalue weighted by Crippen LogP contribution is 2.38. The normalized spacial score (nSPS) is 13.3. The average molecular weight is 425 g/mol. The number of anilines is 2. The number of methoxy groups -OCH3 is 2. The van der Waals surface area contributed by atoms with E-state index in [9.17, 15) is 9.59 Å². The first kappa shape index (κ1) is 20.3. The van der Waals surface area contributed by atoms with Crippen LogP contribution in [0.3, 0.4) is 0 Å². The molecule has 10 nitrogen and oxygen atoms in total. The van der Waals surface area contributed by atoms with E-state index in [-0.39, 0.29) is 11.9 Å². The molecule has 0 aliphatic carbocycles. The Bertz CT molecular complexity index is 1150. The van der Waals surface area contributed by atoms with Crippen molar-refractivity contribution in [3.05, 3.63) is 36.0 Å². The molecule has 0 spiro atoms. The number of amides is 3. The molecule has 1 aliphatic rings. The summed E-state index contributed by atoms with van der Waals surface area (Å²) in [4.78, 5) is 37.1. The van der Waals surface area contributed by atoms with Gasteiger partial charge in [-0.25, -0.2) is 14.6 Å². The molecule has 2 aromatic heterocycles. The molecule has 3 amide bonds. The third kappa shape index (κ3) is 3.56. The Hall–Kier alpha value is -3.95. The second kappa shape index (κ2) is 7.71. The minimum Gasteiger partial charge on any atom is -0.497 e. The molecular formula is C21H23N5O5. The summed E-state index contributed by atoms with van der Waals surface area (Å²) >= 11 is 0. The summed E-state index contributed by atoms with van der Waals surface area (Å²) in [6.45, 7) is 0.315. The maximum atomic E-state index is 13.3. The van der Waals surface area contributed by atoms with Gasteiger partial charge in [-0.05, 0) is 0 Å². The maximum absolute atomic E-state index is 13.3. The highest BCUT2D eigenvalue weighted by atomic mass is 16.6. The van der Waals surface area contributed by atoms with Crippen molar-refractivity contribution in [1.29, 1.82) is 0 Å². The van der Waals surface area contributed by atoms with E-state index in [1.165, 1.54) is 4.90 Å². The Balaban J connectivity index is 1.74. The number of hydrogen-bond donors (Lipinski definition) is 1. The summed E-state index contributed by atoms with van der Waals surface area (Å²) in [6.07, 6.45) is 1.20. The van der Waals surface area contributed by atoms with Crippen LogP contribution in [0.4, 0.5) is 21.0 Å². The number of fused-ring (bicyclic) bond motifs is 3. The maximum Gasteiger partial charge on any atom is 0.415 e. The highest BCUT2D eigenvalue weighted by molar-refractivity contribution is 6.11. The lowest BCUT2D eigenvalue weighted by Gasteiger charge is -2.35. The third-order valence-corrected chi connectivity index (χ3v) is 5.07. The number of ether oxygens (including phenoxy) is 3. The second-order valence-electron chi connectivity index (χ2n) is 7.29. The molecule has 0 unspecified atom stereocenters. The van der Waals surface area contributed by atoms with Gasteiger partial charge in [-0.3, -0.25) is 9.80 Å². The molecule has 162 valence electrons. The molecule has 0 saturated carbocycles. The van der Waals surface area contributed by atoms with E-state index in [1.807, 2.05) is 0 Å². The Kier molecular flexibility index (Phi) is 5.05. The fourth-order valence-corrected chi connectivity index (χ4v) is 3.50. The van der Waals surface area contributed by atoms with Crippen molar-refractivity contribution in [2.24, 2.45) is 0 Å². The van der Waals surface area contributed by atoms with E-state index in [0.29, 0.717) is 40.5 Å². The molecule has 3 heterocycles. The number of carbonyl (C=O) groups excluding carboxylic acids is 2. The molecule has 1 aromatic carbocycles. The fraction of sp³-hybridized carbons (Fsp3) is 0.286. The third-order valence-electron chi connectivity index (χ3n) is 5.07. The number of nitrogens with one attached hydrogen (secondary N) is 1. The Morgan fingerprint density at radius 1 is 1.13 bits per heavy atom. The first-order chi connectivity index (χ1) is 14.8. The van der Waals surface area contributed by atoms with Gasteiger partial charge in [-0.15, -0.1) is 0 Å². The van der Waals surface area contributed by atoms with Crippen molar-refractivity contribution in [1.82, 2.24) is 14.9 Å². The van der Waals surface area contributed by atoms with Gasteiger partial charge in [0, 0.05) is 62.6 Å². The summed E-state index contributed by atoms with van der Waals surface area (Å²) in [5.41, 5.74) is 2.73. The molecule has 3 aromatic rings. The molecule has 0 saturated heterocycles. The van der Waals surface area contributed by atoms with Crippen LogP contribution < -0.4 is 24.0 Å². The second-order valence-corrected chi connectivity index (χ2v) is 7.29. The zero-order valence-electron chi connectivity index (χ0n) is 17.9. The van der Waals surface area contributed by atoms with Gasteiger partial charge in [-0.2, -0.15) is 0 Å². The number of aromatic nitrogens is 2. The van der Waals surface area contributed by atoms with Gasteiger partial charge >= 0.3 is 12.1 Å². The molecule has 0 fully saturated rings. The van der Waals surface area contributed by atoms with Gasteiger partial charge in [0.25, 0.3) is 0 Å². The number of pyridine rings is 1. The van der Waals surface area contributed by atoms with Crippen molar-refractivity contribution in [2.45, 2.75) is 6.54 Å². The lowest BCUT2D eigenvalue weighted by atomic mass is 10.1. The first-order valence-corrected chi connectivity index (χ1v) is 9.50. The van der Waals surface area contributed by atoms with Crippen molar-refractivity contribution < 1.29 is 23.8 Å². The van der Waals surface area contributed by atoms with E-state index in [2.05, 4.69) is 9.97 Å². The summed E-state index contributed by atoms with van der Waals surface area (Å²) in [5.74, 6) is 1.43. The SMILES string of the molecule is COc1cc(OC)cc(N2Cc3cnc4[nH]c(OC(=O)N(C)C)cc4c3N(C)C2=O)c1. The van der Waals surface area contributed by atoms with Crippen LogP contribution in [0.15, 0.2) is 30.5 Å². The monoisotopic (exact) mass is 425 g/mol. The quantitative estimate of drug-likeness (QED) is 0.689. The van der Waals surface area contributed by atoms with E-state index in [1.54, 1.807) is 75.6 Å². The largest absolute Gasteiger partial charge is 0.497 e. The van der Waals surface area contributed by atoms with E-state index < -0.39 is 6.09 Å². The standard InChI is InChI=1S/C21H23N5O5/c1-24(2)21(28)31-17-9-16-18-12(10-22-19(16)23-17)11-26(20(27)25(18)3)13-6-14(29-4)8-15(7-13)30-5/h6-10H,11H2,1-5H3,(H,22,23). The van der Waals surface area contributed by atoms with Gasteiger partial charge in [0.15, 0.2) is 0 Å². The minimum absolute atomic E-state index is 0.219.